The first kappa shape index (κ1) is 19.5. The molecule has 0 fully saturated rings. The Bertz CT molecular complexity index is 1160. The van der Waals surface area contributed by atoms with E-state index in [1.807, 2.05) is 6.92 Å². The van der Waals surface area contributed by atoms with Gasteiger partial charge in [0.15, 0.2) is 0 Å². The second-order valence-corrected chi connectivity index (χ2v) is 8.63. The lowest BCUT2D eigenvalue weighted by molar-refractivity contribution is -0.384. The molecule has 0 saturated heterocycles. The van der Waals surface area contributed by atoms with E-state index in [1.54, 1.807) is 11.3 Å². The number of thiophene rings is 1. The fourth-order valence-electron chi connectivity index (χ4n) is 3.30. The van der Waals surface area contributed by atoms with E-state index in [9.17, 15) is 19.7 Å². The third-order valence-electron chi connectivity index (χ3n) is 4.56. The van der Waals surface area contributed by atoms with Crippen LogP contribution in [-0.2, 0) is 17.6 Å². The Labute approximate surface area is 173 Å². The number of carbonyl (C=O) groups excluding carboxylic acids is 2. The quantitative estimate of drug-likeness (QED) is 0.286. The van der Waals surface area contributed by atoms with E-state index in [2.05, 4.69) is 15.3 Å². The highest BCUT2D eigenvalue weighted by Gasteiger charge is 2.23. The molecule has 0 aliphatic heterocycles. The van der Waals surface area contributed by atoms with Crippen molar-refractivity contribution in [3.63, 3.8) is 0 Å². The van der Waals surface area contributed by atoms with Crippen molar-refractivity contribution in [2.75, 3.05) is 5.75 Å². The van der Waals surface area contributed by atoms with E-state index in [0.717, 1.165) is 40.6 Å². The van der Waals surface area contributed by atoms with E-state index >= 15 is 0 Å². The molecule has 2 heterocycles. The average Bonchev–Trinajstić information content (AvgIpc) is 3.26. The van der Waals surface area contributed by atoms with Gasteiger partial charge in [0, 0.05) is 28.0 Å². The number of nitrogens with one attached hydrogen (secondary N) is 1. The minimum atomic E-state index is -0.667. The standard InChI is InChI=1S/C19H16N4O4S2/c1-10-20-18(16-13-6-3-7-14(13)29-19(16)21-10)28-9-15(24)22-17(25)11-4-2-5-12(8-11)23(26)27/h2,4-5,8H,3,6-7,9H2,1H3,(H,22,24,25). The lowest BCUT2D eigenvalue weighted by atomic mass is 10.2. The van der Waals surface area contributed by atoms with Gasteiger partial charge in [-0.25, -0.2) is 9.97 Å². The molecular weight excluding hydrogens is 412 g/mol. The maximum Gasteiger partial charge on any atom is 0.270 e. The van der Waals surface area contributed by atoms with Gasteiger partial charge in [0.05, 0.1) is 10.7 Å². The summed E-state index contributed by atoms with van der Waals surface area (Å²) in [5.41, 5.74) is 1.14. The van der Waals surface area contributed by atoms with Gasteiger partial charge >= 0.3 is 0 Å². The number of nitrogens with zero attached hydrogens (tertiary/aromatic N) is 3. The van der Waals surface area contributed by atoms with Crippen LogP contribution in [0.2, 0.25) is 0 Å². The first-order valence-corrected chi connectivity index (χ1v) is 10.7. The Morgan fingerprint density at radius 2 is 2.14 bits per heavy atom. The summed E-state index contributed by atoms with van der Waals surface area (Å²) in [6, 6.07) is 5.26. The molecule has 0 bridgehead atoms. The number of aryl methyl sites for hydroxylation is 3. The van der Waals surface area contributed by atoms with Crippen LogP contribution >= 0.6 is 23.1 Å². The summed E-state index contributed by atoms with van der Waals surface area (Å²) >= 11 is 2.96. The minimum absolute atomic E-state index is 0.0108. The largest absolute Gasteiger partial charge is 0.292 e. The van der Waals surface area contributed by atoms with Crippen LogP contribution in [0, 0.1) is 17.0 Å². The predicted octanol–water partition coefficient (Wildman–Crippen LogP) is 3.45. The van der Waals surface area contributed by atoms with Crippen LogP contribution in [0.5, 0.6) is 0 Å². The van der Waals surface area contributed by atoms with Crippen LogP contribution in [0.1, 0.15) is 33.0 Å². The smallest absolute Gasteiger partial charge is 0.270 e. The van der Waals surface area contributed by atoms with Gasteiger partial charge < -0.3 is 0 Å². The van der Waals surface area contributed by atoms with Gasteiger partial charge in [-0.1, -0.05) is 17.8 Å². The molecule has 8 nitrogen and oxygen atoms in total. The molecule has 1 aliphatic rings. The number of aromatic nitrogens is 2. The Morgan fingerprint density at radius 3 is 2.93 bits per heavy atom. The van der Waals surface area contributed by atoms with Gasteiger partial charge in [-0.3, -0.25) is 25.0 Å². The molecule has 148 valence electrons. The van der Waals surface area contributed by atoms with Crippen LogP contribution in [0.25, 0.3) is 10.2 Å². The summed E-state index contributed by atoms with van der Waals surface area (Å²) in [4.78, 5) is 46.1. The molecule has 1 N–H and O–H groups in total. The lowest BCUT2D eigenvalue weighted by Crippen LogP contribution is -2.31. The summed E-state index contributed by atoms with van der Waals surface area (Å²) in [6.07, 6.45) is 3.16. The topological polar surface area (TPSA) is 115 Å². The molecular formula is C19H16N4O4S2. The zero-order valence-corrected chi connectivity index (χ0v) is 17.1. The molecule has 2 amide bonds. The molecule has 29 heavy (non-hydrogen) atoms. The highest BCUT2D eigenvalue weighted by molar-refractivity contribution is 8.00. The Kier molecular flexibility index (Phi) is 5.29. The zero-order chi connectivity index (χ0) is 20.5. The molecule has 3 aromatic rings. The number of hydrogen-bond acceptors (Lipinski definition) is 8. The van der Waals surface area contributed by atoms with Crippen molar-refractivity contribution in [2.24, 2.45) is 0 Å². The minimum Gasteiger partial charge on any atom is -0.292 e. The second-order valence-electron chi connectivity index (χ2n) is 6.59. The maximum absolute atomic E-state index is 12.3. The number of imide groups is 1. The lowest BCUT2D eigenvalue weighted by Gasteiger charge is -2.06. The second kappa shape index (κ2) is 7.88. The fraction of sp³-hybridized carbons (Fsp3) is 0.263. The van der Waals surface area contributed by atoms with Gasteiger partial charge in [-0.05, 0) is 37.8 Å². The summed E-state index contributed by atoms with van der Waals surface area (Å²) < 4.78 is 0. The summed E-state index contributed by atoms with van der Waals surface area (Å²) in [7, 11) is 0. The summed E-state index contributed by atoms with van der Waals surface area (Å²) in [6.45, 7) is 1.82. The molecule has 0 saturated carbocycles. The molecule has 0 unspecified atom stereocenters. The Hall–Kier alpha value is -2.85. The number of nitro benzene ring substituents is 1. The third kappa shape index (κ3) is 3.99. The zero-order valence-electron chi connectivity index (χ0n) is 15.4. The number of carbonyl (C=O) groups is 2. The van der Waals surface area contributed by atoms with Crippen molar-refractivity contribution >= 4 is 50.8 Å². The number of thioether (sulfide) groups is 1. The summed E-state index contributed by atoms with van der Waals surface area (Å²) in [5, 5.41) is 14.9. The highest BCUT2D eigenvalue weighted by atomic mass is 32.2. The van der Waals surface area contributed by atoms with Crippen molar-refractivity contribution in [1.29, 1.82) is 0 Å². The Morgan fingerprint density at radius 1 is 1.31 bits per heavy atom. The Balaban J connectivity index is 1.47. The number of nitro groups is 1. The SMILES string of the molecule is Cc1nc(SCC(=O)NC(=O)c2cccc([N+](=O)[O-])c2)c2c3c(sc2n1)CCC3. The van der Waals surface area contributed by atoms with Crippen molar-refractivity contribution in [3.8, 4) is 0 Å². The van der Waals surface area contributed by atoms with Crippen LogP contribution in [0.3, 0.4) is 0 Å². The number of non-ortho nitro benzene ring substituents is 1. The third-order valence-corrected chi connectivity index (χ3v) is 6.72. The van der Waals surface area contributed by atoms with Crippen molar-refractivity contribution in [3.05, 3.63) is 56.2 Å². The van der Waals surface area contributed by atoms with Crippen LogP contribution in [-0.4, -0.2) is 32.5 Å². The molecule has 1 aromatic carbocycles. The van der Waals surface area contributed by atoms with E-state index < -0.39 is 16.7 Å². The van der Waals surface area contributed by atoms with E-state index in [4.69, 9.17) is 0 Å². The molecule has 0 atom stereocenters. The monoisotopic (exact) mass is 428 g/mol. The molecule has 0 radical (unpaired) electrons. The van der Waals surface area contributed by atoms with Crippen LogP contribution < -0.4 is 5.32 Å². The van der Waals surface area contributed by atoms with Gasteiger partial charge in [0.2, 0.25) is 5.91 Å². The first-order valence-electron chi connectivity index (χ1n) is 8.92. The predicted molar refractivity (Wildman–Crippen MR) is 110 cm³/mol. The maximum atomic E-state index is 12.3. The molecule has 0 spiro atoms. The van der Waals surface area contributed by atoms with Crippen LogP contribution in [0.15, 0.2) is 29.3 Å². The molecule has 2 aromatic heterocycles. The van der Waals surface area contributed by atoms with Gasteiger partial charge in [0.25, 0.3) is 11.6 Å². The molecule has 4 rings (SSSR count). The van der Waals surface area contributed by atoms with E-state index in [0.29, 0.717) is 5.82 Å². The average molecular weight is 428 g/mol. The van der Waals surface area contributed by atoms with Crippen molar-refractivity contribution < 1.29 is 14.5 Å². The van der Waals surface area contributed by atoms with E-state index in [-0.39, 0.29) is 17.0 Å². The van der Waals surface area contributed by atoms with Crippen LogP contribution in [0.4, 0.5) is 5.69 Å². The highest BCUT2D eigenvalue weighted by Crippen LogP contribution is 2.40. The normalized spacial score (nSPS) is 12.7. The number of hydrogen-bond donors (Lipinski definition) is 1. The summed E-state index contributed by atoms with van der Waals surface area (Å²) in [5.74, 6) is -0.493. The number of benzene rings is 1. The molecule has 1 aliphatic carbocycles. The molecule has 10 heteroatoms. The number of rotatable bonds is 5. The van der Waals surface area contributed by atoms with Gasteiger partial charge in [0.1, 0.15) is 15.7 Å². The van der Waals surface area contributed by atoms with Crippen molar-refractivity contribution in [2.45, 2.75) is 31.2 Å². The number of amides is 2. The van der Waals surface area contributed by atoms with E-state index in [1.165, 1.54) is 40.4 Å². The first-order chi connectivity index (χ1) is 13.9. The number of fused-ring (bicyclic) bond motifs is 3. The van der Waals surface area contributed by atoms with Gasteiger partial charge in [-0.2, -0.15) is 0 Å². The van der Waals surface area contributed by atoms with Gasteiger partial charge in [-0.15, -0.1) is 11.3 Å². The fourth-order valence-corrected chi connectivity index (χ4v) is 5.57. The van der Waals surface area contributed by atoms with Crippen molar-refractivity contribution in [1.82, 2.24) is 15.3 Å².